The molecule has 5 N–H and O–H groups in total. The van der Waals surface area contributed by atoms with Crippen LogP contribution < -0.4 is 21.7 Å². The molecule has 0 atom stereocenters. The molecule has 0 saturated carbocycles. The summed E-state index contributed by atoms with van der Waals surface area (Å²) in [6, 6.07) is 10.2. The Morgan fingerprint density at radius 3 is 1.58 bits per heavy atom. The molecule has 2 aromatic carbocycles. The molecule has 0 bridgehead atoms. The van der Waals surface area contributed by atoms with E-state index in [0.717, 1.165) is 11.1 Å². The van der Waals surface area contributed by atoms with E-state index in [9.17, 15) is 29.8 Å². The van der Waals surface area contributed by atoms with Gasteiger partial charge >= 0.3 is 11.4 Å². The monoisotopic (exact) mass is 786 g/mol. The lowest BCUT2D eigenvalue weighted by Gasteiger charge is -2.12. The number of hydrogen-bond donors (Lipinski definition) is 4. The van der Waals surface area contributed by atoms with Gasteiger partial charge in [0.2, 0.25) is 21.3 Å². The molecule has 0 spiro atoms. The number of nitrogens with two attached hydrogens (primary N) is 1. The van der Waals surface area contributed by atoms with E-state index in [1.165, 1.54) is 30.6 Å². The molecule has 268 valence electrons. The molecule has 2 aromatic heterocycles. The lowest BCUT2D eigenvalue weighted by Crippen LogP contribution is -2.18. The third kappa shape index (κ3) is 11.8. The molecular formula is C29H33Cl3N10O6S2. The summed E-state index contributed by atoms with van der Waals surface area (Å²) >= 11 is 19.4. The Morgan fingerprint density at radius 1 is 0.740 bits per heavy atom. The Bertz CT molecular complexity index is 1870. The van der Waals surface area contributed by atoms with E-state index in [1.807, 2.05) is 13.0 Å². The lowest BCUT2D eigenvalue weighted by molar-refractivity contribution is -0.385. The second kappa shape index (κ2) is 20.2. The molecule has 16 nitrogen and oxygen atoms in total. The smallest absolute Gasteiger partial charge is 0.348 e. The highest BCUT2D eigenvalue weighted by Crippen LogP contribution is 2.34. The quantitative estimate of drug-likeness (QED) is 0.0347. The van der Waals surface area contributed by atoms with Gasteiger partial charge in [0.05, 0.1) is 9.85 Å². The molecule has 0 fully saturated rings. The third-order valence-electron chi connectivity index (χ3n) is 6.08. The van der Waals surface area contributed by atoms with Crippen LogP contribution in [0, 0.1) is 34.1 Å². The van der Waals surface area contributed by atoms with Crippen LogP contribution in [0.4, 0.5) is 28.6 Å². The molecular weight excluding hydrogens is 755 g/mol. The standard InChI is InChI=1S/C14H14ClN5O3S.C9H12N2O.C5H3Cl2N3O2S.CH4/c1-7-4-5-8(13(21)16-2)6-9(7)17-12-10(20(22)23)11(15)18-14(19-12)24-3;1-6-3-4-7(5-8(6)10)9(12)11-2;1-13-5-8-3(6)2(10(11)12)4(7)9-5;/h4-6H,1-3H3,(H,16,21)(H,17,18,19);3-5H,10H2,1-2H3,(H,11,12);1H3;1H4. The maximum Gasteiger partial charge on any atom is 0.348 e. The molecule has 0 aliphatic heterocycles. The number of anilines is 3. The van der Waals surface area contributed by atoms with Gasteiger partial charge in [0.1, 0.15) is 0 Å². The number of nitrogen functional groups attached to an aromatic ring is 1. The third-order valence-corrected chi connectivity index (χ3v) is 7.96. The van der Waals surface area contributed by atoms with Crippen molar-refractivity contribution in [2.75, 3.05) is 37.7 Å². The van der Waals surface area contributed by atoms with Crippen LogP contribution in [-0.4, -0.2) is 68.2 Å². The second-order valence-electron chi connectivity index (χ2n) is 9.24. The van der Waals surface area contributed by atoms with Crippen LogP contribution in [0.25, 0.3) is 0 Å². The van der Waals surface area contributed by atoms with E-state index in [0.29, 0.717) is 32.8 Å². The van der Waals surface area contributed by atoms with Gasteiger partial charge in [-0.15, -0.1) is 0 Å². The first-order valence-electron chi connectivity index (χ1n) is 13.4. The molecule has 21 heteroatoms. The van der Waals surface area contributed by atoms with E-state index in [-0.39, 0.29) is 40.5 Å². The Morgan fingerprint density at radius 2 is 1.16 bits per heavy atom. The summed E-state index contributed by atoms with van der Waals surface area (Å²) in [4.78, 5) is 58.5. The molecule has 0 aliphatic carbocycles. The van der Waals surface area contributed by atoms with E-state index in [2.05, 4.69) is 35.9 Å². The molecule has 0 aliphatic rings. The van der Waals surface area contributed by atoms with E-state index < -0.39 is 21.2 Å². The molecule has 4 rings (SSSR count). The van der Waals surface area contributed by atoms with Crippen molar-refractivity contribution in [1.82, 2.24) is 30.6 Å². The largest absolute Gasteiger partial charge is 0.398 e. The SMILES string of the molecule is C.CNC(=O)c1ccc(C)c(N)c1.CNC(=O)c1ccc(C)c(Nc2nc(SC)nc(Cl)c2[N+](=O)[O-])c1.CSc1nc(Cl)c([N+](=O)[O-])c(Cl)n1. The summed E-state index contributed by atoms with van der Waals surface area (Å²) in [7, 11) is 3.12. The molecule has 50 heavy (non-hydrogen) atoms. The number of hydrogen-bond acceptors (Lipinski definition) is 14. The summed E-state index contributed by atoms with van der Waals surface area (Å²) in [5.74, 6) is -0.402. The average Bonchev–Trinajstić information content (AvgIpc) is 3.05. The number of halogens is 3. The number of benzene rings is 2. The van der Waals surface area contributed by atoms with Gasteiger partial charge in [0.15, 0.2) is 10.3 Å². The first-order valence-corrected chi connectivity index (χ1v) is 17.0. The van der Waals surface area contributed by atoms with Gasteiger partial charge in [-0.05, 0) is 61.8 Å². The fraction of sp³-hybridized carbons (Fsp3) is 0.241. The summed E-state index contributed by atoms with van der Waals surface area (Å²) in [5.41, 5.74) is 8.71. The minimum atomic E-state index is -0.714. The van der Waals surface area contributed by atoms with Gasteiger partial charge in [0, 0.05) is 36.6 Å². The van der Waals surface area contributed by atoms with Crippen molar-refractivity contribution in [3.63, 3.8) is 0 Å². The van der Waals surface area contributed by atoms with Crippen molar-refractivity contribution in [1.29, 1.82) is 0 Å². The Hall–Kier alpha value is -4.49. The number of carbonyl (C=O) groups is 2. The fourth-order valence-electron chi connectivity index (χ4n) is 3.47. The van der Waals surface area contributed by atoms with E-state index in [1.54, 1.807) is 56.8 Å². The van der Waals surface area contributed by atoms with Crippen molar-refractivity contribution in [3.05, 3.63) is 94.3 Å². The summed E-state index contributed by atoms with van der Waals surface area (Å²) in [6.07, 6.45) is 3.45. The topological polar surface area (TPSA) is 234 Å². The molecule has 0 saturated heterocycles. The Balaban J connectivity index is 0.000000407. The number of aryl methyl sites for hydroxylation is 2. The number of rotatable bonds is 8. The fourth-order valence-corrected chi connectivity index (χ4v) is 5.11. The zero-order valence-electron chi connectivity index (χ0n) is 26.6. The Labute approximate surface area is 311 Å². The highest BCUT2D eigenvalue weighted by Gasteiger charge is 2.25. The second-order valence-corrected chi connectivity index (χ2v) is 11.9. The minimum absolute atomic E-state index is 0. The van der Waals surface area contributed by atoms with E-state index >= 15 is 0 Å². The molecule has 2 amide bonds. The van der Waals surface area contributed by atoms with Crippen LogP contribution in [0.1, 0.15) is 39.3 Å². The van der Waals surface area contributed by atoms with Crippen molar-refractivity contribution >= 4 is 98.7 Å². The van der Waals surface area contributed by atoms with Crippen molar-refractivity contribution in [3.8, 4) is 0 Å². The first-order chi connectivity index (χ1) is 23.1. The van der Waals surface area contributed by atoms with Crippen LogP contribution in [0.15, 0.2) is 46.7 Å². The van der Waals surface area contributed by atoms with Crippen LogP contribution in [0.2, 0.25) is 15.5 Å². The Kier molecular flexibility index (Phi) is 17.6. The van der Waals surface area contributed by atoms with Crippen molar-refractivity contribution in [2.24, 2.45) is 0 Å². The van der Waals surface area contributed by atoms with Gasteiger partial charge < -0.3 is 21.7 Å². The zero-order valence-corrected chi connectivity index (χ0v) is 30.5. The maximum absolute atomic E-state index is 11.8. The number of nitrogens with zero attached hydrogens (tertiary/aromatic N) is 6. The maximum atomic E-state index is 11.8. The number of nitrogens with one attached hydrogen (secondary N) is 3. The van der Waals surface area contributed by atoms with Gasteiger partial charge in [-0.1, -0.05) is 77.9 Å². The van der Waals surface area contributed by atoms with Gasteiger partial charge in [-0.25, -0.2) is 15.0 Å². The average molecular weight is 788 g/mol. The molecule has 2 heterocycles. The predicted octanol–water partition coefficient (Wildman–Crippen LogP) is 7.16. The number of aromatic nitrogens is 4. The van der Waals surface area contributed by atoms with Gasteiger partial charge in [-0.2, -0.15) is 4.98 Å². The number of nitro groups is 2. The van der Waals surface area contributed by atoms with Crippen LogP contribution >= 0.6 is 58.3 Å². The summed E-state index contributed by atoms with van der Waals surface area (Å²) in [5, 5.41) is 29.5. The lowest BCUT2D eigenvalue weighted by atomic mass is 10.1. The van der Waals surface area contributed by atoms with Gasteiger partial charge in [-0.3, -0.25) is 29.8 Å². The number of thioether (sulfide) groups is 2. The number of amides is 2. The summed E-state index contributed by atoms with van der Waals surface area (Å²) in [6.45, 7) is 3.71. The predicted molar refractivity (Wildman–Crippen MR) is 200 cm³/mol. The van der Waals surface area contributed by atoms with Gasteiger partial charge in [0.25, 0.3) is 11.8 Å². The minimum Gasteiger partial charge on any atom is -0.398 e. The number of carbonyl (C=O) groups excluding carboxylic acids is 2. The zero-order chi connectivity index (χ0) is 37.0. The van der Waals surface area contributed by atoms with Crippen LogP contribution in [0.3, 0.4) is 0 Å². The van der Waals surface area contributed by atoms with E-state index in [4.69, 9.17) is 40.5 Å². The van der Waals surface area contributed by atoms with Crippen LogP contribution in [0.5, 0.6) is 0 Å². The highest BCUT2D eigenvalue weighted by molar-refractivity contribution is 7.98. The molecule has 4 aromatic rings. The normalized spacial score (nSPS) is 9.86. The molecule has 0 unspecified atom stereocenters. The van der Waals surface area contributed by atoms with Crippen molar-refractivity contribution in [2.45, 2.75) is 31.6 Å². The van der Waals surface area contributed by atoms with Crippen molar-refractivity contribution < 1.29 is 19.4 Å². The first kappa shape index (κ1) is 43.5. The van der Waals surface area contributed by atoms with Crippen LogP contribution in [-0.2, 0) is 0 Å². The summed E-state index contributed by atoms with van der Waals surface area (Å²) < 4.78 is 0. The molecule has 0 radical (unpaired) electrons. The highest BCUT2D eigenvalue weighted by atomic mass is 35.5.